The molecule has 1 atom stereocenters. The highest BCUT2D eigenvalue weighted by atomic mass is 32.2. The molecule has 0 spiro atoms. The van der Waals surface area contributed by atoms with Crippen LogP contribution in [0, 0.1) is 6.92 Å². The molecule has 0 saturated heterocycles. The Labute approximate surface area is 167 Å². The number of ether oxygens (including phenoxy) is 1. The van der Waals surface area contributed by atoms with Crippen LogP contribution in [0.4, 0.5) is 5.82 Å². The van der Waals surface area contributed by atoms with Gasteiger partial charge in [-0.3, -0.25) is 4.79 Å². The van der Waals surface area contributed by atoms with Crippen LogP contribution in [0.5, 0.6) is 0 Å². The molecule has 0 aliphatic carbocycles. The van der Waals surface area contributed by atoms with E-state index in [9.17, 15) is 9.59 Å². The van der Waals surface area contributed by atoms with Crippen LogP contribution in [0.15, 0.2) is 65.2 Å². The minimum absolute atomic E-state index is 0.171. The van der Waals surface area contributed by atoms with E-state index in [-0.39, 0.29) is 11.9 Å². The molecule has 1 N–H and O–H groups in total. The second-order valence-corrected chi connectivity index (χ2v) is 7.20. The molecule has 7 heteroatoms. The minimum Gasteiger partial charge on any atom is -0.465 e. The third kappa shape index (κ3) is 5.01. The number of aryl methyl sites for hydroxylation is 1. The SMILES string of the molecule is COC(=O)c1ccc(CSC(C(=O)Nc2cc(C)on2)c2ccccc2)cc1. The van der Waals surface area contributed by atoms with E-state index in [2.05, 4.69) is 10.5 Å². The first-order valence-corrected chi connectivity index (χ1v) is 9.69. The quantitative estimate of drug-likeness (QED) is 0.597. The van der Waals surface area contributed by atoms with Crippen molar-refractivity contribution in [1.29, 1.82) is 0 Å². The van der Waals surface area contributed by atoms with Gasteiger partial charge < -0.3 is 14.6 Å². The Morgan fingerprint density at radius 1 is 1.14 bits per heavy atom. The Morgan fingerprint density at radius 3 is 2.46 bits per heavy atom. The van der Waals surface area contributed by atoms with Gasteiger partial charge in [-0.25, -0.2) is 4.79 Å². The minimum atomic E-state index is -0.418. The van der Waals surface area contributed by atoms with Crippen LogP contribution in [0.2, 0.25) is 0 Å². The molecule has 0 fully saturated rings. The Kier molecular flexibility index (Phi) is 6.49. The number of anilines is 1. The van der Waals surface area contributed by atoms with Crippen LogP contribution in [0.3, 0.4) is 0 Å². The number of nitrogens with zero attached hydrogens (tertiary/aromatic N) is 1. The van der Waals surface area contributed by atoms with E-state index in [0.29, 0.717) is 22.9 Å². The fraction of sp³-hybridized carbons (Fsp3) is 0.190. The van der Waals surface area contributed by atoms with E-state index < -0.39 is 5.25 Å². The summed E-state index contributed by atoms with van der Waals surface area (Å²) in [4.78, 5) is 24.4. The third-order valence-electron chi connectivity index (χ3n) is 4.01. The van der Waals surface area contributed by atoms with Crippen molar-refractivity contribution in [2.24, 2.45) is 0 Å². The van der Waals surface area contributed by atoms with E-state index in [0.717, 1.165) is 11.1 Å². The summed E-state index contributed by atoms with van der Waals surface area (Å²) in [5.74, 6) is 1.09. The molecular weight excluding hydrogens is 376 g/mol. The number of amides is 1. The molecule has 0 aliphatic heterocycles. The lowest BCUT2D eigenvalue weighted by Gasteiger charge is -2.16. The molecular formula is C21H20N2O4S. The zero-order valence-corrected chi connectivity index (χ0v) is 16.4. The summed E-state index contributed by atoms with van der Waals surface area (Å²) in [6.45, 7) is 1.77. The maximum Gasteiger partial charge on any atom is 0.337 e. The number of methoxy groups -OCH3 is 1. The first kappa shape index (κ1) is 19.7. The third-order valence-corrected chi connectivity index (χ3v) is 5.33. The topological polar surface area (TPSA) is 81.4 Å². The molecule has 1 amide bonds. The molecule has 6 nitrogen and oxygen atoms in total. The van der Waals surface area contributed by atoms with Gasteiger partial charge >= 0.3 is 5.97 Å². The Bertz CT molecular complexity index is 939. The van der Waals surface area contributed by atoms with E-state index in [1.165, 1.54) is 18.9 Å². The number of aromatic nitrogens is 1. The number of carbonyl (C=O) groups excluding carboxylic acids is 2. The second kappa shape index (κ2) is 9.23. The van der Waals surface area contributed by atoms with Crippen molar-refractivity contribution >= 4 is 29.5 Å². The number of benzene rings is 2. The van der Waals surface area contributed by atoms with Gasteiger partial charge in [-0.05, 0) is 30.2 Å². The monoisotopic (exact) mass is 396 g/mol. The molecule has 1 heterocycles. The Balaban J connectivity index is 1.72. The maximum absolute atomic E-state index is 12.9. The zero-order chi connectivity index (χ0) is 19.9. The molecule has 0 saturated carbocycles. The number of thioether (sulfide) groups is 1. The normalized spacial score (nSPS) is 11.6. The lowest BCUT2D eigenvalue weighted by atomic mass is 10.1. The van der Waals surface area contributed by atoms with Crippen LogP contribution in [-0.2, 0) is 15.3 Å². The molecule has 3 rings (SSSR count). The number of hydrogen-bond donors (Lipinski definition) is 1. The molecule has 1 aromatic heterocycles. The maximum atomic E-state index is 12.9. The summed E-state index contributed by atoms with van der Waals surface area (Å²) < 4.78 is 9.72. The van der Waals surface area contributed by atoms with Crippen molar-refractivity contribution in [3.05, 3.63) is 83.1 Å². The number of rotatable bonds is 7. The van der Waals surface area contributed by atoms with E-state index in [1.807, 2.05) is 42.5 Å². The molecule has 0 radical (unpaired) electrons. The number of carbonyl (C=O) groups is 2. The van der Waals surface area contributed by atoms with Gasteiger partial charge in [-0.1, -0.05) is 47.6 Å². The highest BCUT2D eigenvalue weighted by Crippen LogP contribution is 2.33. The van der Waals surface area contributed by atoms with Gasteiger partial charge in [0.05, 0.1) is 12.7 Å². The van der Waals surface area contributed by atoms with E-state index in [4.69, 9.17) is 9.26 Å². The first-order valence-electron chi connectivity index (χ1n) is 8.65. The summed E-state index contributed by atoms with van der Waals surface area (Å²) in [7, 11) is 1.35. The highest BCUT2D eigenvalue weighted by molar-refractivity contribution is 7.99. The highest BCUT2D eigenvalue weighted by Gasteiger charge is 2.22. The standard InChI is InChI=1S/C21H20N2O4S/c1-14-12-18(23-27-14)22-20(24)19(16-6-4-3-5-7-16)28-13-15-8-10-17(11-9-15)21(25)26-2/h3-12,19H,13H2,1-2H3,(H,22,23,24). The van der Waals surface area contributed by atoms with Gasteiger partial charge in [0.1, 0.15) is 11.0 Å². The van der Waals surface area contributed by atoms with Crippen LogP contribution >= 0.6 is 11.8 Å². The van der Waals surface area contributed by atoms with Crippen molar-refractivity contribution in [3.8, 4) is 0 Å². The molecule has 144 valence electrons. The summed E-state index contributed by atoms with van der Waals surface area (Å²) in [6.07, 6.45) is 0. The van der Waals surface area contributed by atoms with Gasteiger partial charge in [0, 0.05) is 11.8 Å². The predicted molar refractivity (Wildman–Crippen MR) is 108 cm³/mol. The van der Waals surface area contributed by atoms with E-state index in [1.54, 1.807) is 25.1 Å². The van der Waals surface area contributed by atoms with Gasteiger partial charge in [0.2, 0.25) is 5.91 Å². The predicted octanol–water partition coefficient (Wildman–Crippen LogP) is 4.38. The molecule has 2 aromatic carbocycles. The number of esters is 1. The van der Waals surface area contributed by atoms with Crippen LogP contribution in [-0.4, -0.2) is 24.1 Å². The molecule has 28 heavy (non-hydrogen) atoms. The van der Waals surface area contributed by atoms with Crippen molar-refractivity contribution in [3.63, 3.8) is 0 Å². The van der Waals surface area contributed by atoms with E-state index >= 15 is 0 Å². The molecule has 0 aliphatic rings. The Hall–Kier alpha value is -3.06. The average molecular weight is 396 g/mol. The van der Waals surface area contributed by atoms with Gasteiger partial charge in [-0.2, -0.15) is 0 Å². The fourth-order valence-electron chi connectivity index (χ4n) is 2.60. The van der Waals surface area contributed by atoms with Crippen molar-refractivity contribution in [1.82, 2.24) is 5.16 Å². The average Bonchev–Trinajstić information content (AvgIpc) is 3.13. The summed E-state index contributed by atoms with van der Waals surface area (Å²) >= 11 is 1.50. The molecule has 0 bridgehead atoms. The van der Waals surface area contributed by atoms with Crippen LogP contribution in [0.1, 0.15) is 32.5 Å². The van der Waals surface area contributed by atoms with Gasteiger partial charge in [0.25, 0.3) is 0 Å². The summed E-state index contributed by atoms with van der Waals surface area (Å²) in [5, 5.41) is 6.21. The molecule has 3 aromatic rings. The smallest absolute Gasteiger partial charge is 0.337 e. The van der Waals surface area contributed by atoms with Crippen LogP contribution in [0.25, 0.3) is 0 Å². The van der Waals surface area contributed by atoms with Gasteiger partial charge in [-0.15, -0.1) is 11.8 Å². The fourth-order valence-corrected chi connectivity index (χ4v) is 3.71. The van der Waals surface area contributed by atoms with Crippen molar-refractivity contribution in [2.45, 2.75) is 17.9 Å². The Morgan fingerprint density at radius 2 is 1.86 bits per heavy atom. The lowest BCUT2D eigenvalue weighted by Crippen LogP contribution is -2.19. The second-order valence-electron chi connectivity index (χ2n) is 6.10. The number of nitrogens with one attached hydrogen (secondary N) is 1. The lowest BCUT2D eigenvalue weighted by molar-refractivity contribution is -0.115. The zero-order valence-electron chi connectivity index (χ0n) is 15.5. The molecule has 1 unspecified atom stereocenters. The number of hydrogen-bond acceptors (Lipinski definition) is 6. The van der Waals surface area contributed by atoms with Crippen LogP contribution < -0.4 is 5.32 Å². The largest absolute Gasteiger partial charge is 0.465 e. The summed E-state index contributed by atoms with van der Waals surface area (Å²) in [5.41, 5.74) is 2.40. The summed E-state index contributed by atoms with van der Waals surface area (Å²) in [6, 6.07) is 18.4. The van der Waals surface area contributed by atoms with Crippen molar-refractivity contribution in [2.75, 3.05) is 12.4 Å². The van der Waals surface area contributed by atoms with Gasteiger partial charge in [0.15, 0.2) is 5.82 Å². The first-order chi connectivity index (χ1) is 13.6. The van der Waals surface area contributed by atoms with Crippen molar-refractivity contribution < 1.29 is 18.8 Å².